The normalized spacial score (nSPS) is 23.4. The van der Waals surface area contributed by atoms with Crippen LogP contribution in [0.5, 0.6) is 0 Å². The standard InChI is InChI=1S/C65H73BN2/c1-59(2,3)43-27-28-52(45(35-43)41-25-19-16-20-26-41)67-53-33-42(40-23-17-15-18-24-40)34-54-55(53)66(51-37-44(60(4,5)6)36-50-57(51)68(54)65(14)30-22-21-29-64(50,65)13)58-56(67)46-38-48-49(39-47(46)63(58,11)12)62(9,10)32-31-61(48,7)8/h15-20,23-28,33-39H,21-22,29-32H2,1-14H3. The van der Waals surface area contributed by atoms with Crippen LogP contribution in [0, 0.1) is 0 Å². The molecule has 3 heterocycles. The van der Waals surface area contributed by atoms with Crippen molar-refractivity contribution < 1.29 is 0 Å². The Morgan fingerprint density at radius 3 is 1.74 bits per heavy atom. The Labute approximate surface area is 409 Å². The minimum Gasteiger partial charge on any atom is -0.335 e. The molecular formula is C65H73BN2. The highest BCUT2D eigenvalue weighted by atomic mass is 15.3. The zero-order valence-corrected chi connectivity index (χ0v) is 43.7. The molecule has 68 heavy (non-hydrogen) atoms. The largest absolute Gasteiger partial charge is 0.335 e. The molecule has 0 saturated heterocycles. The molecule has 346 valence electrons. The van der Waals surface area contributed by atoms with Crippen molar-refractivity contribution in [1.82, 2.24) is 0 Å². The first-order valence-corrected chi connectivity index (χ1v) is 26.1. The van der Waals surface area contributed by atoms with Crippen molar-refractivity contribution >= 4 is 46.1 Å². The van der Waals surface area contributed by atoms with Gasteiger partial charge in [-0.3, -0.25) is 0 Å². The van der Waals surface area contributed by atoms with Crippen LogP contribution in [-0.4, -0.2) is 12.3 Å². The van der Waals surface area contributed by atoms with Crippen molar-refractivity contribution in [2.24, 2.45) is 0 Å². The highest BCUT2D eigenvalue weighted by Gasteiger charge is 2.63. The summed E-state index contributed by atoms with van der Waals surface area (Å²) in [6, 6.07) is 46.0. The summed E-state index contributed by atoms with van der Waals surface area (Å²) < 4.78 is 0. The summed E-state index contributed by atoms with van der Waals surface area (Å²) in [5, 5.41) is 0. The molecule has 2 nitrogen and oxygen atoms in total. The van der Waals surface area contributed by atoms with Crippen LogP contribution in [0.1, 0.15) is 174 Å². The summed E-state index contributed by atoms with van der Waals surface area (Å²) in [4.78, 5) is 5.75. The Bertz CT molecular complexity index is 3150. The predicted molar refractivity (Wildman–Crippen MR) is 293 cm³/mol. The van der Waals surface area contributed by atoms with Gasteiger partial charge in [0.25, 0.3) is 0 Å². The Hall–Kier alpha value is -5.28. The second kappa shape index (κ2) is 14.0. The number of nitrogens with zero attached hydrogens (tertiary/aromatic N) is 2. The zero-order chi connectivity index (χ0) is 47.9. The van der Waals surface area contributed by atoms with E-state index in [1.54, 1.807) is 16.6 Å². The lowest BCUT2D eigenvalue weighted by atomic mass is 9.30. The molecule has 6 aromatic carbocycles. The fraction of sp³-hybridized carbons (Fsp3) is 0.415. The van der Waals surface area contributed by atoms with Gasteiger partial charge < -0.3 is 9.80 Å². The lowest BCUT2D eigenvalue weighted by Gasteiger charge is -2.53. The first kappa shape index (κ1) is 44.0. The first-order chi connectivity index (χ1) is 32.0. The molecule has 3 aliphatic heterocycles. The van der Waals surface area contributed by atoms with Gasteiger partial charge in [-0.15, -0.1) is 0 Å². The molecule has 12 rings (SSSR count). The van der Waals surface area contributed by atoms with Crippen LogP contribution < -0.4 is 20.7 Å². The zero-order valence-electron chi connectivity index (χ0n) is 43.7. The number of allylic oxidation sites excluding steroid dienone is 1. The Morgan fingerprint density at radius 2 is 1.09 bits per heavy atom. The Kier molecular flexibility index (Phi) is 9.02. The maximum atomic E-state index is 2.94. The van der Waals surface area contributed by atoms with Crippen LogP contribution >= 0.6 is 0 Å². The van der Waals surface area contributed by atoms with Crippen molar-refractivity contribution in [2.45, 2.75) is 173 Å². The van der Waals surface area contributed by atoms with E-state index < -0.39 is 0 Å². The molecule has 0 bridgehead atoms. The van der Waals surface area contributed by atoms with Gasteiger partial charge >= 0.3 is 0 Å². The third-order valence-corrected chi connectivity index (χ3v) is 19.0. The summed E-state index contributed by atoms with van der Waals surface area (Å²) in [5.74, 6) is 0. The number of rotatable bonds is 3. The van der Waals surface area contributed by atoms with Crippen molar-refractivity contribution in [3.8, 4) is 22.3 Å². The van der Waals surface area contributed by atoms with Gasteiger partial charge in [0, 0.05) is 44.7 Å². The summed E-state index contributed by atoms with van der Waals surface area (Å²) in [5.41, 5.74) is 26.7. The molecule has 0 amide bonds. The van der Waals surface area contributed by atoms with Crippen molar-refractivity contribution in [1.29, 1.82) is 0 Å². The van der Waals surface area contributed by atoms with Gasteiger partial charge in [0.1, 0.15) is 0 Å². The molecular weight excluding hydrogens is 820 g/mol. The van der Waals surface area contributed by atoms with Crippen LogP contribution in [0.3, 0.4) is 0 Å². The van der Waals surface area contributed by atoms with E-state index in [0.717, 1.165) is 0 Å². The molecule has 1 saturated carbocycles. The fourth-order valence-corrected chi connectivity index (χ4v) is 14.5. The molecule has 0 spiro atoms. The van der Waals surface area contributed by atoms with E-state index in [-0.39, 0.29) is 44.7 Å². The molecule has 0 radical (unpaired) electrons. The topological polar surface area (TPSA) is 6.48 Å². The summed E-state index contributed by atoms with van der Waals surface area (Å²) >= 11 is 0. The van der Waals surface area contributed by atoms with Crippen molar-refractivity contribution in [3.05, 3.63) is 160 Å². The maximum Gasteiger partial charge on any atom is 0.248 e. The predicted octanol–water partition coefficient (Wildman–Crippen LogP) is 16.0. The van der Waals surface area contributed by atoms with Crippen LogP contribution in [0.25, 0.3) is 28.0 Å². The van der Waals surface area contributed by atoms with Gasteiger partial charge in [0.2, 0.25) is 6.71 Å². The number of benzene rings is 6. The minimum absolute atomic E-state index is 0.00423. The van der Waals surface area contributed by atoms with E-state index >= 15 is 0 Å². The van der Waals surface area contributed by atoms with Crippen LogP contribution in [0.2, 0.25) is 0 Å². The van der Waals surface area contributed by atoms with E-state index in [2.05, 4.69) is 222 Å². The van der Waals surface area contributed by atoms with Crippen molar-refractivity contribution in [2.75, 3.05) is 9.80 Å². The number of hydrogen-bond donors (Lipinski definition) is 0. The van der Waals surface area contributed by atoms with Gasteiger partial charge in [0.05, 0.1) is 11.2 Å². The highest BCUT2D eigenvalue weighted by molar-refractivity contribution is 6.96. The Balaban J connectivity index is 1.28. The van der Waals surface area contributed by atoms with E-state index in [1.807, 2.05) is 0 Å². The molecule has 0 N–H and O–H groups in total. The second-order valence-corrected chi connectivity index (χ2v) is 26.4. The van der Waals surface area contributed by atoms with Gasteiger partial charge in [-0.05, 0) is 146 Å². The van der Waals surface area contributed by atoms with E-state index in [0.29, 0.717) is 0 Å². The summed E-state index contributed by atoms with van der Waals surface area (Å²) in [7, 11) is 0. The third kappa shape index (κ3) is 5.83. The third-order valence-electron chi connectivity index (χ3n) is 19.0. The second-order valence-electron chi connectivity index (χ2n) is 26.4. The number of anilines is 4. The molecule has 1 fully saturated rings. The fourth-order valence-electron chi connectivity index (χ4n) is 14.5. The molecule has 6 aliphatic rings. The van der Waals surface area contributed by atoms with Crippen molar-refractivity contribution in [3.63, 3.8) is 0 Å². The molecule has 3 aliphatic carbocycles. The summed E-state index contributed by atoms with van der Waals surface area (Å²) in [6.07, 6.45) is 7.30. The highest BCUT2D eigenvalue weighted by Crippen LogP contribution is 2.65. The van der Waals surface area contributed by atoms with Crippen LogP contribution in [0.4, 0.5) is 22.7 Å². The average Bonchev–Trinajstić information content (AvgIpc) is 3.66. The molecule has 2 unspecified atom stereocenters. The SMILES string of the molecule is CC(C)(C)c1ccc(N2C3=C(B4c5cc(C(C)(C)C)cc6c5N(c5cc(-c7ccccc7)cc2c54)C2(C)CCCCC62C)C(C)(C)c2cc4c(cc23)C(C)(C)CCC4(C)C)c(-c2ccccc2)c1. The van der Waals surface area contributed by atoms with Gasteiger partial charge in [-0.2, -0.15) is 0 Å². The summed E-state index contributed by atoms with van der Waals surface area (Å²) in [6.45, 7) is 34.9. The smallest absolute Gasteiger partial charge is 0.248 e. The molecule has 2 atom stereocenters. The van der Waals surface area contributed by atoms with Gasteiger partial charge in [-0.25, -0.2) is 0 Å². The van der Waals surface area contributed by atoms with Crippen LogP contribution in [-0.2, 0) is 32.5 Å². The first-order valence-electron chi connectivity index (χ1n) is 26.1. The quantitative estimate of drug-likeness (QED) is 0.163. The molecule has 3 heteroatoms. The van der Waals surface area contributed by atoms with Crippen LogP contribution in [0.15, 0.2) is 121 Å². The maximum absolute atomic E-state index is 2.94. The lowest BCUT2D eigenvalue weighted by molar-refractivity contribution is 0.195. The van der Waals surface area contributed by atoms with Gasteiger partial charge in [0.15, 0.2) is 0 Å². The number of hydrogen-bond acceptors (Lipinski definition) is 2. The minimum atomic E-state index is -0.266. The van der Waals surface area contributed by atoms with Gasteiger partial charge in [-0.1, -0.05) is 193 Å². The number of fused-ring (bicyclic) bond motifs is 9. The van der Waals surface area contributed by atoms with E-state index in [1.165, 1.54) is 128 Å². The molecule has 6 aromatic rings. The van der Waals surface area contributed by atoms with E-state index in [4.69, 9.17) is 0 Å². The molecule has 0 aromatic heterocycles. The Morgan fingerprint density at radius 1 is 0.485 bits per heavy atom. The monoisotopic (exact) mass is 893 g/mol. The lowest BCUT2D eigenvalue weighted by Crippen LogP contribution is -2.62. The van der Waals surface area contributed by atoms with E-state index in [9.17, 15) is 0 Å². The average molecular weight is 893 g/mol.